The van der Waals surface area contributed by atoms with E-state index in [1.165, 1.54) is 0 Å². The number of likely N-dealkylation sites (N-methyl/N-ethyl adjacent to an activating group) is 1. The minimum absolute atomic E-state index is 0.0567. The molecule has 0 aromatic heterocycles. The van der Waals surface area contributed by atoms with Crippen molar-refractivity contribution in [3.63, 3.8) is 0 Å². The summed E-state index contributed by atoms with van der Waals surface area (Å²) in [5, 5.41) is 0. The van der Waals surface area contributed by atoms with Crippen molar-refractivity contribution in [1.82, 2.24) is 4.90 Å². The molecule has 0 saturated carbocycles. The molecule has 0 N–H and O–H groups in total. The third-order valence-electron chi connectivity index (χ3n) is 4.50. The van der Waals surface area contributed by atoms with Crippen LogP contribution in [0.3, 0.4) is 0 Å². The monoisotopic (exact) mass is 285 g/mol. The minimum atomic E-state index is -0.471. The van der Waals surface area contributed by atoms with Crippen molar-refractivity contribution in [3.8, 4) is 0 Å². The predicted octanol–water partition coefficient (Wildman–Crippen LogP) is 2.44. The topological polar surface area (TPSA) is 48.0 Å². The molecule has 4 atom stereocenters. The van der Waals surface area contributed by atoms with Crippen molar-refractivity contribution >= 4 is 6.09 Å². The summed E-state index contributed by atoms with van der Waals surface area (Å²) in [6, 6.07) is 0.0567. The van der Waals surface area contributed by atoms with Crippen molar-refractivity contribution in [1.29, 1.82) is 0 Å². The molecule has 0 aliphatic carbocycles. The van der Waals surface area contributed by atoms with Gasteiger partial charge in [-0.3, -0.25) is 0 Å². The van der Waals surface area contributed by atoms with Gasteiger partial charge in [-0.25, -0.2) is 4.79 Å². The summed E-state index contributed by atoms with van der Waals surface area (Å²) in [6.45, 7) is 11.0. The van der Waals surface area contributed by atoms with Gasteiger partial charge in [0, 0.05) is 19.4 Å². The lowest BCUT2D eigenvalue weighted by Crippen LogP contribution is -2.43. The van der Waals surface area contributed by atoms with Crippen LogP contribution in [-0.4, -0.2) is 54.6 Å². The maximum atomic E-state index is 12.1. The Morgan fingerprint density at radius 2 is 2.00 bits per heavy atom. The maximum absolute atomic E-state index is 12.1. The van der Waals surface area contributed by atoms with E-state index in [2.05, 4.69) is 13.8 Å². The second-order valence-electron chi connectivity index (χ2n) is 7.13. The molecule has 116 valence electrons. The average molecular weight is 285 g/mol. The van der Waals surface area contributed by atoms with Gasteiger partial charge in [0.2, 0.25) is 0 Å². The molecule has 1 amide bonds. The summed E-state index contributed by atoms with van der Waals surface area (Å²) in [5.74, 6) is 0.347. The fourth-order valence-corrected chi connectivity index (χ4v) is 2.90. The van der Waals surface area contributed by atoms with E-state index in [1.807, 2.05) is 20.8 Å². The third-order valence-corrected chi connectivity index (χ3v) is 4.50. The number of amides is 1. The molecule has 2 saturated heterocycles. The van der Waals surface area contributed by atoms with Crippen molar-refractivity contribution in [3.05, 3.63) is 0 Å². The van der Waals surface area contributed by atoms with Gasteiger partial charge in [0.15, 0.2) is 0 Å². The molecule has 2 rings (SSSR count). The summed E-state index contributed by atoms with van der Waals surface area (Å²) in [5.41, 5.74) is -0.707. The van der Waals surface area contributed by atoms with Crippen LogP contribution in [0.1, 0.15) is 41.0 Å². The van der Waals surface area contributed by atoms with Crippen LogP contribution in [0, 0.1) is 5.92 Å². The molecule has 2 fully saturated rings. The van der Waals surface area contributed by atoms with E-state index in [4.69, 9.17) is 14.2 Å². The fourth-order valence-electron chi connectivity index (χ4n) is 2.90. The Hall–Kier alpha value is -0.810. The molecule has 0 aromatic rings. The van der Waals surface area contributed by atoms with E-state index in [0.29, 0.717) is 19.1 Å². The van der Waals surface area contributed by atoms with Crippen LogP contribution in [0.15, 0.2) is 0 Å². The van der Waals surface area contributed by atoms with Gasteiger partial charge in [0.05, 0.1) is 31.0 Å². The van der Waals surface area contributed by atoms with E-state index in [0.717, 1.165) is 6.42 Å². The number of nitrogens with zero attached hydrogens (tertiary/aromatic N) is 1. The van der Waals surface area contributed by atoms with Crippen LogP contribution >= 0.6 is 0 Å². The largest absolute Gasteiger partial charge is 0.444 e. The van der Waals surface area contributed by atoms with E-state index in [9.17, 15) is 4.79 Å². The van der Waals surface area contributed by atoms with Gasteiger partial charge >= 0.3 is 6.09 Å². The first-order valence-electron chi connectivity index (χ1n) is 7.36. The van der Waals surface area contributed by atoms with Gasteiger partial charge in [-0.2, -0.15) is 0 Å². The molecule has 0 unspecified atom stereocenters. The fraction of sp³-hybridized carbons (Fsp3) is 0.933. The first-order valence-corrected chi connectivity index (χ1v) is 7.36. The van der Waals surface area contributed by atoms with Crippen LogP contribution in [-0.2, 0) is 14.2 Å². The third kappa shape index (κ3) is 2.93. The number of hydrogen-bond acceptors (Lipinski definition) is 4. The highest BCUT2D eigenvalue weighted by atomic mass is 16.6. The molecular weight excluding hydrogens is 258 g/mol. The molecule has 0 radical (unpaired) electrons. The zero-order valence-corrected chi connectivity index (χ0v) is 13.4. The van der Waals surface area contributed by atoms with Gasteiger partial charge in [-0.05, 0) is 27.7 Å². The predicted molar refractivity (Wildman–Crippen MR) is 75.7 cm³/mol. The lowest BCUT2D eigenvalue weighted by atomic mass is 9.85. The number of rotatable bonds is 1. The molecule has 20 heavy (non-hydrogen) atoms. The summed E-state index contributed by atoms with van der Waals surface area (Å²) in [6.07, 6.45) is 0.734. The first kappa shape index (κ1) is 15.6. The van der Waals surface area contributed by atoms with Crippen LogP contribution in [0.25, 0.3) is 0 Å². The Labute approximate surface area is 121 Å². The minimum Gasteiger partial charge on any atom is -0.444 e. The molecule has 2 aliphatic heterocycles. The van der Waals surface area contributed by atoms with Crippen LogP contribution in [0.5, 0.6) is 0 Å². The number of carbonyl (C=O) groups is 1. The average Bonchev–Trinajstić information content (AvgIpc) is 2.87. The van der Waals surface area contributed by atoms with E-state index in [-0.39, 0.29) is 23.8 Å². The second-order valence-corrected chi connectivity index (χ2v) is 7.13. The molecule has 2 heterocycles. The van der Waals surface area contributed by atoms with Gasteiger partial charge in [-0.15, -0.1) is 0 Å². The SMILES string of the molecule is C[C@@H]1OC[C@]2(C[C@H](N(C)C(=O)OC(C)(C)C)CO2)[C@@H]1C. The standard InChI is InChI=1S/C15H27NO4/c1-10-11(2)18-9-15(10)7-12(8-19-15)16(6)13(17)20-14(3,4)5/h10-12H,7-9H2,1-6H3/t10-,11+,12+,15-/m1/s1. The van der Waals surface area contributed by atoms with Crippen LogP contribution in [0.4, 0.5) is 4.79 Å². The van der Waals surface area contributed by atoms with Crippen molar-refractivity contribution < 1.29 is 19.0 Å². The quantitative estimate of drug-likeness (QED) is 0.742. The molecule has 5 heteroatoms. The number of ether oxygens (including phenoxy) is 3. The number of hydrogen-bond donors (Lipinski definition) is 0. The Bertz CT molecular complexity index is 379. The summed E-state index contributed by atoms with van der Waals surface area (Å²) < 4.78 is 17.1. The normalized spacial score (nSPS) is 37.4. The molecule has 1 spiro atoms. The Morgan fingerprint density at radius 3 is 2.50 bits per heavy atom. The Kier molecular flexibility index (Phi) is 4.04. The van der Waals surface area contributed by atoms with Crippen molar-refractivity contribution in [2.45, 2.75) is 64.4 Å². The molecule has 2 aliphatic rings. The smallest absolute Gasteiger partial charge is 0.410 e. The Morgan fingerprint density at radius 1 is 1.35 bits per heavy atom. The first-order chi connectivity index (χ1) is 9.15. The van der Waals surface area contributed by atoms with Crippen LogP contribution < -0.4 is 0 Å². The lowest BCUT2D eigenvalue weighted by Gasteiger charge is -2.30. The highest BCUT2D eigenvalue weighted by Gasteiger charge is 2.52. The molecule has 0 aromatic carbocycles. The summed E-state index contributed by atoms with van der Waals surface area (Å²) in [7, 11) is 1.78. The van der Waals surface area contributed by atoms with E-state index < -0.39 is 5.60 Å². The number of carbonyl (C=O) groups excluding carboxylic acids is 1. The highest BCUT2D eigenvalue weighted by Crippen LogP contribution is 2.42. The van der Waals surface area contributed by atoms with Crippen LogP contribution in [0.2, 0.25) is 0 Å². The molecular formula is C15H27NO4. The van der Waals surface area contributed by atoms with E-state index >= 15 is 0 Å². The maximum Gasteiger partial charge on any atom is 0.410 e. The van der Waals surface area contributed by atoms with E-state index in [1.54, 1.807) is 11.9 Å². The molecule has 0 bridgehead atoms. The summed E-state index contributed by atoms with van der Waals surface area (Å²) in [4.78, 5) is 13.8. The summed E-state index contributed by atoms with van der Waals surface area (Å²) >= 11 is 0. The van der Waals surface area contributed by atoms with Gasteiger partial charge in [0.25, 0.3) is 0 Å². The van der Waals surface area contributed by atoms with Gasteiger partial charge in [0.1, 0.15) is 5.60 Å². The van der Waals surface area contributed by atoms with Gasteiger partial charge < -0.3 is 19.1 Å². The van der Waals surface area contributed by atoms with Crippen molar-refractivity contribution in [2.24, 2.45) is 5.92 Å². The lowest BCUT2D eigenvalue weighted by molar-refractivity contribution is -0.0241. The van der Waals surface area contributed by atoms with Gasteiger partial charge in [-0.1, -0.05) is 6.92 Å². The van der Waals surface area contributed by atoms with Crippen molar-refractivity contribution in [2.75, 3.05) is 20.3 Å². The molecule has 5 nitrogen and oxygen atoms in total. The Balaban J connectivity index is 1.97. The second kappa shape index (κ2) is 5.19. The zero-order chi connectivity index (χ0) is 15.1. The zero-order valence-electron chi connectivity index (χ0n) is 13.4. The highest BCUT2D eigenvalue weighted by molar-refractivity contribution is 5.68.